The van der Waals surface area contributed by atoms with Crippen molar-refractivity contribution in [3.8, 4) is 0 Å². The summed E-state index contributed by atoms with van der Waals surface area (Å²) in [5.74, 6) is 0.849. The highest BCUT2D eigenvalue weighted by atomic mass is 32.2. The van der Waals surface area contributed by atoms with E-state index < -0.39 is 0 Å². The summed E-state index contributed by atoms with van der Waals surface area (Å²) < 4.78 is 0. The van der Waals surface area contributed by atoms with Crippen LogP contribution in [0.3, 0.4) is 0 Å². The van der Waals surface area contributed by atoms with Gasteiger partial charge >= 0.3 is 0 Å². The van der Waals surface area contributed by atoms with Crippen LogP contribution >= 0.6 is 23.1 Å². The summed E-state index contributed by atoms with van der Waals surface area (Å²) in [6.45, 7) is 3.84. The van der Waals surface area contributed by atoms with Crippen LogP contribution in [-0.2, 0) is 10.5 Å². The topological polar surface area (TPSA) is 42.0 Å². The van der Waals surface area contributed by atoms with Crippen LogP contribution in [-0.4, -0.2) is 16.1 Å². The molecule has 1 amide bonds. The quantitative estimate of drug-likeness (QED) is 0.913. The van der Waals surface area contributed by atoms with Gasteiger partial charge in [-0.15, -0.1) is 23.1 Å². The molecule has 2 aromatic rings. The predicted octanol–water partition coefficient (Wildman–Crippen LogP) is 3.71. The molecule has 0 aliphatic carbocycles. The minimum absolute atomic E-state index is 0.00952. The maximum absolute atomic E-state index is 12.0. The molecule has 0 aliphatic rings. The van der Waals surface area contributed by atoms with Gasteiger partial charge in [0.05, 0.1) is 10.9 Å². The molecular formula is C14H16N2OS2. The zero-order valence-corrected chi connectivity index (χ0v) is 12.6. The molecule has 0 radical (unpaired) electrons. The van der Waals surface area contributed by atoms with E-state index in [4.69, 9.17) is 0 Å². The van der Waals surface area contributed by atoms with Gasteiger partial charge in [0, 0.05) is 11.1 Å². The molecule has 0 bridgehead atoms. The second-order valence-electron chi connectivity index (χ2n) is 4.22. The first kappa shape index (κ1) is 14.1. The first-order chi connectivity index (χ1) is 9.15. The number of thioether (sulfide) groups is 1. The molecule has 1 aromatic carbocycles. The van der Waals surface area contributed by atoms with Crippen molar-refractivity contribution in [2.45, 2.75) is 24.9 Å². The van der Waals surface area contributed by atoms with Gasteiger partial charge in [-0.25, -0.2) is 4.98 Å². The lowest BCUT2D eigenvalue weighted by molar-refractivity contribution is -0.115. The van der Waals surface area contributed by atoms with Gasteiger partial charge in [-0.1, -0.05) is 30.3 Å². The normalized spacial score (nSPS) is 12.1. The Morgan fingerprint density at radius 1 is 1.42 bits per heavy atom. The van der Waals surface area contributed by atoms with Crippen LogP contribution in [0.1, 0.15) is 18.2 Å². The molecule has 3 nitrogen and oxygen atoms in total. The molecule has 1 heterocycles. The van der Waals surface area contributed by atoms with E-state index in [0.29, 0.717) is 5.13 Å². The van der Waals surface area contributed by atoms with E-state index in [-0.39, 0.29) is 11.2 Å². The second-order valence-corrected chi connectivity index (χ2v) is 6.41. The molecule has 1 atom stereocenters. The third kappa shape index (κ3) is 4.36. The minimum atomic E-state index is -0.0931. The monoisotopic (exact) mass is 292 g/mol. The van der Waals surface area contributed by atoms with E-state index in [2.05, 4.69) is 22.4 Å². The minimum Gasteiger partial charge on any atom is -0.301 e. The van der Waals surface area contributed by atoms with E-state index in [1.807, 2.05) is 37.4 Å². The largest absolute Gasteiger partial charge is 0.301 e. The maximum atomic E-state index is 12.0. The van der Waals surface area contributed by atoms with Gasteiger partial charge < -0.3 is 5.32 Å². The fraction of sp³-hybridized carbons (Fsp3) is 0.286. The molecular weight excluding hydrogens is 276 g/mol. The van der Waals surface area contributed by atoms with Crippen molar-refractivity contribution in [3.63, 3.8) is 0 Å². The van der Waals surface area contributed by atoms with Crippen molar-refractivity contribution in [1.29, 1.82) is 0 Å². The highest BCUT2D eigenvalue weighted by Crippen LogP contribution is 2.20. The summed E-state index contributed by atoms with van der Waals surface area (Å²) in [6, 6.07) is 10.2. The van der Waals surface area contributed by atoms with Crippen LogP contribution in [0.15, 0.2) is 35.7 Å². The molecule has 0 fully saturated rings. The molecule has 100 valence electrons. The average molecular weight is 292 g/mol. The van der Waals surface area contributed by atoms with Crippen molar-refractivity contribution in [3.05, 3.63) is 47.0 Å². The van der Waals surface area contributed by atoms with Gasteiger partial charge in [-0.05, 0) is 19.4 Å². The molecule has 1 aromatic heterocycles. The Morgan fingerprint density at radius 2 is 2.16 bits per heavy atom. The van der Waals surface area contributed by atoms with Crippen LogP contribution < -0.4 is 5.32 Å². The lowest BCUT2D eigenvalue weighted by Crippen LogP contribution is -2.22. The first-order valence-corrected chi connectivity index (χ1v) is 7.96. The number of benzene rings is 1. The van der Waals surface area contributed by atoms with Gasteiger partial charge in [-0.3, -0.25) is 4.79 Å². The number of carbonyl (C=O) groups is 1. The van der Waals surface area contributed by atoms with Crippen LogP contribution in [0.5, 0.6) is 0 Å². The zero-order chi connectivity index (χ0) is 13.7. The molecule has 0 saturated heterocycles. The lowest BCUT2D eigenvalue weighted by atomic mass is 10.2. The first-order valence-electron chi connectivity index (χ1n) is 6.03. The van der Waals surface area contributed by atoms with E-state index in [1.54, 1.807) is 11.8 Å². The van der Waals surface area contributed by atoms with Gasteiger partial charge in [0.15, 0.2) is 5.13 Å². The number of nitrogens with zero attached hydrogens (tertiary/aromatic N) is 1. The van der Waals surface area contributed by atoms with E-state index in [1.165, 1.54) is 16.9 Å². The molecule has 1 N–H and O–H groups in total. The molecule has 5 heteroatoms. The van der Waals surface area contributed by atoms with Crippen LogP contribution in [0.2, 0.25) is 0 Å². The summed E-state index contributed by atoms with van der Waals surface area (Å²) in [6.07, 6.45) is 0. The molecule has 0 saturated carbocycles. The highest BCUT2D eigenvalue weighted by Gasteiger charge is 2.14. The average Bonchev–Trinajstić information content (AvgIpc) is 2.82. The predicted molar refractivity (Wildman–Crippen MR) is 82.7 cm³/mol. The van der Waals surface area contributed by atoms with Crippen LogP contribution in [0.25, 0.3) is 0 Å². The van der Waals surface area contributed by atoms with E-state index in [0.717, 1.165) is 11.4 Å². The molecule has 2 rings (SSSR count). The molecule has 19 heavy (non-hydrogen) atoms. The SMILES string of the molecule is Cc1csc(NC(=O)C(C)SCc2ccccc2)n1. The number of nitrogens with one attached hydrogen (secondary N) is 1. The van der Waals surface area contributed by atoms with E-state index in [9.17, 15) is 4.79 Å². The third-order valence-corrected chi connectivity index (χ3v) is 4.65. The lowest BCUT2D eigenvalue weighted by Gasteiger charge is -2.10. The number of aromatic nitrogens is 1. The van der Waals surface area contributed by atoms with Crippen LogP contribution in [0.4, 0.5) is 5.13 Å². The fourth-order valence-electron chi connectivity index (χ4n) is 1.49. The summed E-state index contributed by atoms with van der Waals surface area (Å²) in [7, 11) is 0. The van der Waals surface area contributed by atoms with Crippen molar-refractivity contribution in [2.75, 3.05) is 5.32 Å². The molecule has 0 spiro atoms. The zero-order valence-electron chi connectivity index (χ0n) is 10.9. The Morgan fingerprint density at radius 3 is 2.79 bits per heavy atom. The van der Waals surface area contributed by atoms with Crippen molar-refractivity contribution >= 4 is 34.1 Å². The number of thiazole rings is 1. The number of amides is 1. The van der Waals surface area contributed by atoms with Gasteiger partial charge in [0.1, 0.15) is 0 Å². The molecule has 0 aliphatic heterocycles. The highest BCUT2D eigenvalue weighted by molar-refractivity contribution is 7.99. The smallest absolute Gasteiger partial charge is 0.238 e. The van der Waals surface area contributed by atoms with Gasteiger partial charge in [-0.2, -0.15) is 0 Å². The summed E-state index contributed by atoms with van der Waals surface area (Å²) in [5, 5.41) is 5.36. The fourth-order valence-corrected chi connectivity index (χ4v) is 3.03. The summed E-state index contributed by atoms with van der Waals surface area (Å²) in [5.41, 5.74) is 2.17. The Kier molecular flexibility index (Phi) is 4.99. The summed E-state index contributed by atoms with van der Waals surface area (Å²) in [4.78, 5) is 16.2. The number of anilines is 1. The summed E-state index contributed by atoms with van der Waals surface area (Å²) >= 11 is 3.09. The second kappa shape index (κ2) is 6.73. The number of hydrogen-bond donors (Lipinski definition) is 1. The Bertz CT molecular complexity index is 539. The Hall–Kier alpha value is -1.33. The number of rotatable bonds is 5. The standard InChI is InChI=1S/C14H16N2OS2/c1-10-8-19-14(15-10)16-13(17)11(2)18-9-12-6-4-3-5-7-12/h3-8,11H,9H2,1-2H3,(H,15,16,17). The van der Waals surface area contributed by atoms with Crippen molar-refractivity contribution < 1.29 is 4.79 Å². The van der Waals surface area contributed by atoms with Crippen LogP contribution in [0, 0.1) is 6.92 Å². The van der Waals surface area contributed by atoms with Crippen molar-refractivity contribution in [1.82, 2.24) is 4.98 Å². The Labute approximate surface area is 121 Å². The maximum Gasteiger partial charge on any atom is 0.238 e. The van der Waals surface area contributed by atoms with E-state index >= 15 is 0 Å². The van der Waals surface area contributed by atoms with Gasteiger partial charge in [0.2, 0.25) is 5.91 Å². The van der Waals surface area contributed by atoms with Crippen molar-refractivity contribution in [2.24, 2.45) is 0 Å². The van der Waals surface area contributed by atoms with Gasteiger partial charge in [0.25, 0.3) is 0 Å². The number of aryl methyl sites for hydroxylation is 1. The number of carbonyl (C=O) groups excluding carboxylic acids is 1. The Balaban J connectivity index is 1.82. The molecule has 1 unspecified atom stereocenters. The number of hydrogen-bond acceptors (Lipinski definition) is 4. The third-order valence-electron chi connectivity index (χ3n) is 2.56.